The van der Waals surface area contributed by atoms with E-state index in [0.717, 1.165) is 10.5 Å². The van der Waals surface area contributed by atoms with E-state index in [-0.39, 0.29) is 24.6 Å². The van der Waals surface area contributed by atoms with Crippen LogP contribution in [0.2, 0.25) is 0 Å². The summed E-state index contributed by atoms with van der Waals surface area (Å²) in [6.45, 7) is 0.245. The number of benzene rings is 2. The first-order valence-corrected chi connectivity index (χ1v) is 7.07. The van der Waals surface area contributed by atoms with E-state index in [1.54, 1.807) is 12.1 Å². The lowest BCUT2D eigenvalue weighted by atomic mass is 10.2. The summed E-state index contributed by atoms with van der Waals surface area (Å²) in [5, 5.41) is 2.61. The van der Waals surface area contributed by atoms with Gasteiger partial charge in [0.25, 0.3) is 0 Å². The molecule has 0 spiro atoms. The van der Waals surface area contributed by atoms with Crippen molar-refractivity contribution in [2.75, 3.05) is 17.7 Å². The second-order valence-electron chi connectivity index (χ2n) is 4.33. The molecular formula is C15H14BrFN2O2. The van der Waals surface area contributed by atoms with Crippen molar-refractivity contribution in [2.24, 2.45) is 0 Å². The maximum atomic E-state index is 12.9. The summed E-state index contributed by atoms with van der Waals surface area (Å²) in [6, 6.07) is 11.2. The third-order valence-corrected chi connectivity index (χ3v) is 3.23. The van der Waals surface area contributed by atoms with Crippen LogP contribution < -0.4 is 15.8 Å². The van der Waals surface area contributed by atoms with Gasteiger partial charge >= 0.3 is 0 Å². The van der Waals surface area contributed by atoms with E-state index in [2.05, 4.69) is 21.2 Å². The molecule has 1 amide bonds. The predicted octanol–water partition coefficient (Wildman–Crippen LogP) is 3.58. The second kappa shape index (κ2) is 7.08. The summed E-state index contributed by atoms with van der Waals surface area (Å²) < 4.78 is 19.3. The smallest absolute Gasteiger partial charge is 0.227 e. The highest BCUT2D eigenvalue weighted by Crippen LogP contribution is 2.19. The lowest BCUT2D eigenvalue weighted by molar-refractivity contribution is -0.116. The van der Waals surface area contributed by atoms with E-state index in [4.69, 9.17) is 10.5 Å². The van der Waals surface area contributed by atoms with Crippen molar-refractivity contribution in [3.8, 4) is 5.75 Å². The van der Waals surface area contributed by atoms with Gasteiger partial charge in [-0.3, -0.25) is 4.79 Å². The Morgan fingerprint density at radius 3 is 2.62 bits per heavy atom. The van der Waals surface area contributed by atoms with Crippen LogP contribution in [0, 0.1) is 5.82 Å². The number of carbonyl (C=O) groups is 1. The third kappa shape index (κ3) is 4.75. The fourth-order valence-electron chi connectivity index (χ4n) is 1.65. The molecule has 0 aliphatic carbocycles. The first kappa shape index (κ1) is 15.3. The normalized spacial score (nSPS) is 10.2. The number of nitrogens with two attached hydrogens (primary N) is 1. The highest BCUT2D eigenvalue weighted by atomic mass is 79.9. The summed E-state index contributed by atoms with van der Waals surface area (Å²) in [5.41, 5.74) is 6.20. The molecule has 4 nitrogen and oxygen atoms in total. The number of nitrogens with one attached hydrogen (secondary N) is 1. The molecule has 2 aromatic carbocycles. The van der Waals surface area contributed by atoms with Gasteiger partial charge in [-0.2, -0.15) is 0 Å². The van der Waals surface area contributed by atoms with Crippen LogP contribution >= 0.6 is 15.9 Å². The zero-order chi connectivity index (χ0) is 15.2. The van der Waals surface area contributed by atoms with E-state index in [9.17, 15) is 9.18 Å². The molecule has 0 heterocycles. The van der Waals surface area contributed by atoms with Crippen molar-refractivity contribution < 1.29 is 13.9 Å². The molecule has 0 saturated carbocycles. The van der Waals surface area contributed by atoms with E-state index in [1.165, 1.54) is 12.1 Å². The molecule has 2 rings (SSSR count). The van der Waals surface area contributed by atoms with Crippen LogP contribution in [0.3, 0.4) is 0 Å². The van der Waals surface area contributed by atoms with Crippen LogP contribution in [-0.2, 0) is 4.79 Å². The molecule has 0 unspecified atom stereocenters. The second-order valence-corrected chi connectivity index (χ2v) is 5.25. The van der Waals surface area contributed by atoms with Crippen molar-refractivity contribution in [1.29, 1.82) is 0 Å². The lowest BCUT2D eigenvalue weighted by Gasteiger charge is -2.09. The monoisotopic (exact) mass is 352 g/mol. The van der Waals surface area contributed by atoms with Crippen molar-refractivity contribution >= 4 is 33.2 Å². The number of rotatable bonds is 5. The maximum absolute atomic E-state index is 12.9. The number of hydrogen-bond acceptors (Lipinski definition) is 3. The predicted molar refractivity (Wildman–Crippen MR) is 83.7 cm³/mol. The number of nitrogen functional groups attached to an aromatic ring is 1. The molecule has 110 valence electrons. The molecule has 0 aliphatic rings. The van der Waals surface area contributed by atoms with Gasteiger partial charge in [0.05, 0.1) is 24.4 Å². The summed E-state index contributed by atoms with van der Waals surface area (Å²) in [4.78, 5) is 11.7. The Balaban J connectivity index is 1.81. The Bertz CT molecular complexity index is 632. The largest absolute Gasteiger partial charge is 0.493 e. The average Bonchev–Trinajstić information content (AvgIpc) is 2.44. The third-order valence-electron chi connectivity index (χ3n) is 2.70. The van der Waals surface area contributed by atoms with Gasteiger partial charge < -0.3 is 15.8 Å². The van der Waals surface area contributed by atoms with Gasteiger partial charge in [-0.25, -0.2) is 4.39 Å². The van der Waals surface area contributed by atoms with Crippen molar-refractivity contribution in [3.05, 3.63) is 52.8 Å². The summed E-state index contributed by atoms with van der Waals surface area (Å²) in [6.07, 6.45) is 0.173. The first-order valence-electron chi connectivity index (χ1n) is 6.28. The Morgan fingerprint density at radius 1 is 1.24 bits per heavy atom. The molecule has 2 aromatic rings. The van der Waals surface area contributed by atoms with Crippen molar-refractivity contribution in [3.63, 3.8) is 0 Å². The van der Waals surface area contributed by atoms with E-state index < -0.39 is 5.82 Å². The zero-order valence-corrected chi connectivity index (χ0v) is 12.7. The first-order chi connectivity index (χ1) is 10.0. The van der Waals surface area contributed by atoms with Gasteiger partial charge in [0, 0.05) is 4.47 Å². The fourth-order valence-corrected chi connectivity index (χ4v) is 1.92. The number of carbonyl (C=O) groups excluding carboxylic acids is 1. The van der Waals surface area contributed by atoms with Gasteiger partial charge in [0.2, 0.25) is 5.91 Å². The minimum absolute atomic E-state index is 0.173. The SMILES string of the molecule is Nc1cc(F)ccc1NC(=O)CCOc1ccc(Br)cc1. The zero-order valence-electron chi connectivity index (χ0n) is 11.1. The Hall–Kier alpha value is -2.08. The minimum atomic E-state index is -0.441. The number of hydrogen-bond donors (Lipinski definition) is 2. The fraction of sp³-hybridized carbons (Fsp3) is 0.133. The molecule has 21 heavy (non-hydrogen) atoms. The average molecular weight is 353 g/mol. The van der Waals surface area contributed by atoms with E-state index in [1.807, 2.05) is 12.1 Å². The van der Waals surface area contributed by atoms with Crippen LogP contribution in [0.25, 0.3) is 0 Å². The van der Waals surface area contributed by atoms with E-state index in [0.29, 0.717) is 11.4 Å². The number of halogens is 2. The molecule has 0 aromatic heterocycles. The Kier molecular flexibility index (Phi) is 5.16. The van der Waals surface area contributed by atoms with Crippen LogP contribution in [0.15, 0.2) is 46.9 Å². The number of amides is 1. The molecule has 0 aliphatic heterocycles. The van der Waals surface area contributed by atoms with Crippen LogP contribution in [0.4, 0.5) is 15.8 Å². The number of anilines is 2. The highest BCUT2D eigenvalue weighted by molar-refractivity contribution is 9.10. The number of ether oxygens (including phenoxy) is 1. The van der Waals surface area contributed by atoms with Crippen LogP contribution in [-0.4, -0.2) is 12.5 Å². The van der Waals surface area contributed by atoms with Crippen LogP contribution in [0.5, 0.6) is 5.75 Å². The van der Waals surface area contributed by atoms with Gasteiger partial charge in [0.1, 0.15) is 11.6 Å². The molecule has 6 heteroatoms. The summed E-state index contributed by atoms with van der Waals surface area (Å²) in [5.74, 6) is 0.00165. The molecule has 0 radical (unpaired) electrons. The quantitative estimate of drug-likeness (QED) is 0.808. The lowest BCUT2D eigenvalue weighted by Crippen LogP contribution is -2.16. The molecule has 3 N–H and O–H groups in total. The maximum Gasteiger partial charge on any atom is 0.227 e. The molecular weight excluding hydrogens is 339 g/mol. The van der Waals surface area contributed by atoms with Crippen LogP contribution in [0.1, 0.15) is 6.42 Å². The van der Waals surface area contributed by atoms with Gasteiger partial charge in [-0.15, -0.1) is 0 Å². The molecule has 0 bridgehead atoms. The Morgan fingerprint density at radius 2 is 1.95 bits per heavy atom. The molecule has 0 atom stereocenters. The van der Waals surface area contributed by atoms with Gasteiger partial charge in [-0.1, -0.05) is 15.9 Å². The van der Waals surface area contributed by atoms with Gasteiger partial charge in [-0.05, 0) is 42.5 Å². The Labute approximate surface area is 130 Å². The molecule has 0 fully saturated rings. The standard InChI is InChI=1S/C15H14BrFN2O2/c16-10-1-4-12(5-2-10)21-8-7-15(20)19-14-6-3-11(17)9-13(14)18/h1-6,9H,7-8,18H2,(H,19,20). The summed E-state index contributed by atoms with van der Waals surface area (Å²) >= 11 is 3.33. The van der Waals surface area contributed by atoms with Crippen molar-refractivity contribution in [1.82, 2.24) is 0 Å². The van der Waals surface area contributed by atoms with Crippen molar-refractivity contribution in [2.45, 2.75) is 6.42 Å². The highest BCUT2D eigenvalue weighted by Gasteiger charge is 2.06. The topological polar surface area (TPSA) is 64.3 Å². The summed E-state index contributed by atoms with van der Waals surface area (Å²) in [7, 11) is 0. The minimum Gasteiger partial charge on any atom is -0.493 e. The van der Waals surface area contributed by atoms with E-state index >= 15 is 0 Å². The van der Waals surface area contributed by atoms with Gasteiger partial charge in [0.15, 0.2) is 0 Å². The molecule has 0 saturated heterocycles.